The van der Waals surface area contributed by atoms with Crippen LogP contribution in [-0.2, 0) is 25.7 Å². The summed E-state index contributed by atoms with van der Waals surface area (Å²) in [6.45, 7) is 4.39. The number of hydrogen-bond donors (Lipinski definition) is 0. The predicted octanol–water partition coefficient (Wildman–Crippen LogP) is 9.63. The van der Waals surface area contributed by atoms with Crippen LogP contribution in [0, 0.1) is 17.7 Å². The molecule has 0 aliphatic heterocycles. The molecule has 0 bridgehead atoms. The van der Waals surface area contributed by atoms with Crippen LogP contribution in [0.25, 0.3) is 10.8 Å². The van der Waals surface area contributed by atoms with Crippen molar-refractivity contribution >= 4 is 10.8 Å². The highest BCUT2D eigenvalue weighted by atomic mass is 19.1. The van der Waals surface area contributed by atoms with Crippen molar-refractivity contribution < 1.29 is 4.39 Å². The average molecular weight is 491 g/mol. The molecule has 0 nitrogen and oxygen atoms in total. The molecule has 0 saturated carbocycles. The maximum absolute atomic E-state index is 14.8. The Morgan fingerprint density at radius 2 is 1.14 bits per heavy atom. The number of fused-ring (bicyclic) bond motifs is 1. The van der Waals surface area contributed by atoms with Gasteiger partial charge in [0.05, 0.1) is 0 Å². The van der Waals surface area contributed by atoms with E-state index in [1.807, 2.05) is 30.3 Å². The van der Waals surface area contributed by atoms with Gasteiger partial charge in [-0.25, -0.2) is 4.39 Å². The molecule has 0 radical (unpaired) electrons. The molecule has 0 amide bonds. The average Bonchev–Trinajstić information content (AvgIpc) is 2.94. The Morgan fingerprint density at radius 3 is 1.81 bits per heavy atom. The maximum Gasteiger partial charge on any atom is 0.134 e. The van der Waals surface area contributed by atoms with Gasteiger partial charge in [0.25, 0.3) is 0 Å². The van der Waals surface area contributed by atoms with Crippen LogP contribution in [0.4, 0.5) is 4.39 Å². The van der Waals surface area contributed by atoms with Crippen LogP contribution in [-0.4, -0.2) is 0 Å². The second kappa shape index (κ2) is 13.8. The fourth-order valence-corrected chi connectivity index (χ4v) is 4.79. The van der Waals surface area contributed by atoms with E-state index in [0.717, 1.165) is 54.2 Å². The van der Waals surface area contributed by atoms with Crippen LogP contribution in [0.15, 0.2) is 78.9 Å². The summed E-state index contributed by atoms with van der Waals surface area (Å²) in [5.74, 6) is 6.44. The van der Waals surface area contributed by atoms with Crippen LogP contribution in [0.3, 0.4) is 0 Å². The summed E-state index contributed by atoms with van der Waals surface area (Å²) in [6, 6.07) is 27.5. The number of aryl methyl sites for hydroxylation is 4. The SMILES string of the molecule is CCCCCCc1ccc(CCc2ccc(C#Cc3ccc4c(F)c(CCCC)ccc4c3)cc2)cc1. The van der Waals surface area contributed by atoms with E-state index < -0.39 is 0 Å². The second-order valence-corrected chi connectivity index (χ2v) is 10.2. The van der Waals surface area contributed by atoms with Crippen molar-refractivity contribution in [1.29, 1.82) is 0 Å². The van der Waals surface area contributed by atoms with Crippen molar-refractivity contribution in [2.45, 2.75) is 78.1 Å². The summed E-state index contributed by atoms with van der Waals surface area (Å²) in [4.78, 5) is 0. The Morgan fingerprint density at radius 1 is 0.541 bits per heavy atom. The second-order valence-electron chi connectivity index (χ2n) is 10.2. The topological polar surface area (TPSA) is 0 Å². The Kier molecular flexibility index (Phi) is 9.96. The zero-order valence-corrected chi connectivity index (χ0v) is 22.5. The minimum absolute atomic E-state index is 0.0839. The van der Waals surface area contributed by atoms with Gasteiger partial charge in [-0.05, 0) is 90.4 Å². The third-order valence-corrected chi connectivity index (χ3v) is 7.18. The number of halogens is 1. The van der Waals surface area contributed by atoms with Gasteiger partial charge in [-0.2, -0.15) is 0 Å². The van der Waals surface area contributed by atoms with Gasteiger partial charge in [-0.15, -0.1) is 0 Å². The summed E-state index contributed by atoms with van der Waals surface area (Å²) in [5.41, 5.74) is 6.89. The minimum Gasteiger partial charge on any atom is -0.206 e. The molecule has 0 aromatic heterocycles. The summed E-state index contributed by atoms with van der Waals surface area (Å²) in [7, 11) is 0. The van der Waals surface area contributed by atoms with Gasteiger partial charge in [-0.3, -0.25) is 0 Å². The summed E-state index contributed by atoms with van der Waals surface area (Å²) >= 11 is 0. The van der Waals surface area contributed by atoms with Crippen LogP contribution in [0.1, 0.15) is 85.8 Å². The van der Waals surface area contributed by atoms with Gasteiger partial charge in [0, 0.05) is 16.5 Å². The molecule has 0 aliphatic rings. The van der Waals surface area contributed by atoms with E-state index in [4.69, 9.17) is 0 Å². The number of rotatable bonds is 11. The first-order valence-corrected chi connectivity index (χ1v) is 14.1. The van der Waals surface area contributed by atoms with Gasteiger partial charge >= 0.3 is 0 Å². The molecular formula is C36H39F. The Balaban J connectivity index is 1.32. The molecule has 1 heteroatoms. The zero-order valence-electron chi connectivity index (χ0n) is 22.5. The lowest BCUT2D eigenvalue weighted by atomic mass is 10.00. The van der Waals surface area contributed by atoms with Crippen LogP contribution < -0.4 is 0 Å². The van der Waals surface area contributed by atoms with Crippen molar-refractivity contribution in [1.82, 2.24) is 0 Å². The highest BCUT2D eigenvalue weighted by Gasteiger charge is 2.07. The van der Waals surface area contributed by atoms with Crippen LogP contribution in [0.5, 0.6) is 0 Å². The number of unbranched alkanes of at least 4 members (excludes halogenated alkanes) is 4. The molecule has 0 fully saturated rings. The van der Waals surface area contributed by atoms with E-state index in [-0.39, 0.29) is 5.82 Å². The lowest BCUT2D eigenvalue weighted by Gasteiger charge is -2.06. The molecule has 0 unspecified atom stereocenters. The first kappa shape index (κ1) is 26.7. The molecule has 4 aromatic carbocycles. The first-order chi connectivity index (χ1) is 18.2. The molecule has 0 heterocycles. The lowest BCUT2D eigenvalue weighted by molar-refractivity contribution is 0.614. The minimum atomic E-state index is -0.0839. The molecule has 190 valence electrons. The van der Waals surface area contributed by atoms with Crippen molar-refractivity contribution in [3.8, 4) is 11.8 Å². The normalized spacial score (nSPS) is 10.9. The van der Waals surface area contributed by atoms with Crippen molar-refractivity contribution in [3.05, 3.63) is 118 Å². The molecule has 0 saturated heterocycles. The highest BCUT2D eigenvalue weighted by molar-refractivity contribution is 5.85. The molecule has 0 N–H and O–H groups in total. The van der Waals surface area contributed by atoms with E-state index in [1.165, 1.54) is 48.8 Å². The van der Waals surface area contributed by atoms with Crippen LogP contribution >= 0.6 is 0 Å². The summed E-state index contributed by atoms with van der Waals surface area (Å²) < 4.78 is 14.8. The van der Waals surface area contributed by atoms with Crippen molar-refractivity contribution in [3.63, 3.8) is 0 Å². The van der Waals surface area contributed by atoms with Crippen molar-refractivity contribution in [2.75, 3.05) is 0 Å². The van der Waals surface area contributed by atoms with E-state index in [9.17, 15) is 4.39 Å². The third kappa shape index (κ3) is 7.80. The van der Waals surface area contributed by atoms with E-state index in [0.29, 0.717) is 5.39 Å². The standard InChI is InChI=1S/C36H39F/c1-3-5-7-8-9-28-11-13-29(14-12-28)15-16-30-17-19-31(20-18-30)21-22-32-23-26-35-34(27-32)25-24-33(36(35)37)10-6-4-2/h11-14,17-20,23-27H,3-10,15-16H2,1-2H3. The van der Waals surface area contributed by atoms with Gasteiger partial charge < -0.3 is 0 Å². The van der Waals surface area contributed by atoms with Crippen molar-refractivity contribution in [2.24, 2.45) is 0 Å². The van der Waals surface area contributed by atoms with E-state index >= 15 is 0 Å². The Hall–Kier alpha value is -3.37. The van der Waals surface area contributed by atoms with Gasteiger partial charge in [0.1, 0.15) is 5.82 Å². The van der Waals surface area contributed by atoms with Gasteiger partial charge in [0.15, 0.2) is 0 Å². The monoisotopic (exact) mass is 490 g/mol. The number of benzene rings is 4. The third-order valence-electron chi connectivity index (χ3n) is 7.18. The zero-order chi connectivity index (χ0) is 25.9. The highest BCUT2D eigenvalue weighted by Crippen LogP contribution is 2.23. The molecule has 0 atom stereocenters. The summed E-state index contributed by atoms with van der Waals surface area (Å²) in [6.07, 6.45) is 11.4. The van der Waals surface area contributed by atoms with E-state index in [1.54, 1.807) is 0 Å². The van der Waals surface area contributed by atoms with Gasteiger partial charge in [-0.1, -0.05) is 106 Å². The number of hydrogen-bond acceptors (Lipinski definition) is 0. The molecule has 4 rings (SSSR count). The predicted molar refractivity (Wildman–Crippen MR) is 157 cm³/mol. The quantitative estimate of drug-likeness (QED) is 0.145. The fourth-order valence-electron chi connectivity index (χ4n) is 4.79. The maximum atomic E-state index is 14.8. The molecule has 0 spiro atoms. The summed E-state index contributed by atoms with van der Waals surface area (Å²) in [5, 5.41) is 1.59. The first-order valence-electron chi connectivity index (χ1n) is 14.1. The largest absolute Gasteiger partial charge is 0.206 e. The van der Waals surface area contributed by atoms with E-state index in [2.05, 4.69) is 74.2 Å². The smallest absolute Gasteiger partial charge is 0.134 e. The Bertz CT molecular complexity index is 1330. The Labute approximate surface area is 223 Å². The molecular weight excluding hydrogens is 451 g/mol. The fraction of sp³-hybridized carbons (Fsp3) is 0.333. The van der Waals surface area contributed by atoms with Gasteiger partial charge in [0.2, 0.25) is 0 Å². The molecule has 4 aromatic rings. The lowest BCUT2D eigenvalue weighted by Crippen LogP contribution is -1.93. The molecule has 0 aliphatic carbocycles. The van der Waals surface area contributed by atoms with Crippen LogP contribution in [0.2, 0.25) is 0 Å². The molecule has 37 heavy (non-hydrogen) atoms.